The van der Waals surface area contributed by atoms with Crippen LogP contribution >= 0.6 is 15.9 Å². The summed E-state index contributed by atoms with van der Waals surface area (Å²) in [4.78, 5) is 26.2. The fourth-order valence-corrected chi connectivity index (χ4v) is 3.30. The first-order valence-electron chi connectivity index (χ1n) is 8.59. The molecular weight excluding hydrogens is 398 g/mol. The van der Waals surface area contributed by atoms with E-state index in [1.54, 1.807) is 12.1 Å². The first-order valence-corrected chi connectivity index (χ1v) is 9.39. The van der Waals surface area contributed by atoms with Crippen molar-refractivity contribution in [2.45, 2.75) is 32.9 Å². The topological polar surface area (TPSA) is 74.6 Å². The van der Waals surface area contributed by atoms with Crippen molar-refractivity contribution in [2.75, 3.05) is 13.1 Å². The molecule has 6 nitrogen and oxygen atoms in total. The smallest absolute Gasteiger partial charge is 0.321 e. The molecule has 1 unspecified atom stereocenters. The summed E-state index contributed by atoms with van der Waals surface area (Å²) in [6.07, 6.45) is 2.44. The molecule has 0 aliphatic rings. The second kappa shape index (κ2) is 10.1. The van der Waals surface area contributed by atoms with E-state index in [2.05, 4.69) is 45.3 Å². The van der Waals surface area contributed by atoms with Crippen molar-refractivity contribution in [3.63, 3.8) is 0 Å². The van der Waals surface area contributed by atoms with Gasteiger partial charge in [-0.05, 0) is 43.7 Å². The second-order valence-electron chi connectivity index (χ2n) is 5.98. The Morgan fingerprint density at radius 3 is 2.65 bits per heavy atom. The van der Waals surface area contributed by atoms with Crippen LogP contribution in [0.25, 0.3) is 0 Å². The zero-order valence-corrected chi connectivity index (χ0v) is 16.6. The lowest BCUT2D eigenvalue weighted by molar-refractivity contribution is -0.121. The van der Waals surface area contributed by atoms with Crippen LogP contribution in [0.5, 0.6) is 0 Å². The SMILES string of the molecule is CCCN(CC(=O)NC(=O)NCc1ccco1)C(C)c1ccccc1Br. The number of hydrogen-bond acceptors (Lipinski definition) is 4. The van der Waals surface area contributed by atoms with Gasteiger partial charge in [-0.1, -0.05) is 41.1 Å². The Morgan fingerprint density at radius 1 is 1.23 bits per heavy atom. The zero-order chi connectivity index (χ0) is 18.9. The van der Waals surface area contributed by atoms with Crippen molar-refractivity contribution in [3.8, 4) is 0 Å². The molecule has 26 heavy (non-hydrogen) atoms. The third-order valence-electron chi connectivity index (χ3n) is 4.02. The number of nitrogens with zero attached hydrogens (tertiary/aromatic N) is 1. The number of imide groups is 1. The highest BCUT2D eigenvalue weighted by molar-refractivity contribution is 9.10. The van der Waals surface area contributed by atoms with E-state index in [0.29, 0.717) is 5.76 Å². The average Bonchev–Trinajstić information content (AvgIpc) is 3.13. The van der Waals surface area contributed by atoms with Gasteiger partial charge in [-0.2, -0.15) is 0 Å². The van der Waals surface area contributed by atoms with Gasteiger partial charge in [0, 0.05) is 10.5 Å². The maximum Gasteiger partial charge on any atom is 0.321 e. The van der Waals surface area contributed by atoms with Crippen molar-refractivity contribution < 1.29 is 14.0 Å². The number of carbonyl (C=O) groups is 2. The lowest BCUT2D eigenvalue weighted by Gasteiger charge is -2.29. The quantitative estimate of drug-likeness (QED) is 0.678. The molecule has 7 heteroatoms. The van der Waals surface area contributed by atoms with Crippen molar-refractivity contribution in [1.29, 1.82) is 0 Å². The molecule has 0 radical (unpaired) electrons. The highest BCUT2D eigenvalue weighted by Gasteiger charge is 2.20. The second-order valence-corrected chi connectivity index (χ2v) is 6.83. The Labute approximate surface area is 162 Å². The van der Waals surface area contributed by atoms with Crippen LogP contribution in [0.4, 0.5) is 4.79 Å². The van der Waals surface area contributed by atoms with Gasteiger partial charge in [0.25, 0.3) is 0 Å². The molecule has 3 amide bonds. The fourth-order valence-electron chi connectivity index (χ4n) is 2.68. The van der Waals surface area contributed by atoms with E-state index in [1.165, 1.54) is 6.26 Å². The van der Waals surface area contributed by atoms with Gasteiger partial charge < -0.3 is 9.73 Å². The largest absolute Gasteiger partial charge is 0.467 e. The summed E-state index contributed by atoms with van der Waals surface area (Å²) in [6.45, 7) is 5.25. The Balaban J connectivity index is 1.90. The molecular formula is C19H24BrN3O3. The van der Waals surface area contributed by atoms with Gasteiger partial charge in [0.1, 0.15) is 5.76 Å². The highest BCUT2D eigenvalue weighted by atomic mass is 79.9. The van der Waals surface area contributed by atoms with Crippen molar-refractivity contribution in [2.24, 2.45) is 0 Å². The van der Waals surface area contributed by atoms with E-state index in [9.17, 15) is 9.59 Å². The van der Waals surface area contributed by atoms with Crippen molar-refractivity contribution in [3.05, 3.63) is 58.5 Å². The summed E-state index contributed by atoms with van der Waals surface area (Å²) in [7, 11) is 0. The van der Waals surface area contributed by atoms with Crippen LogP contribution < -0.4 is 10.6 Å². The predicted molar refractivity (Wildman–Crippen MR) is 104 cm³/mol. The fraction of sp³-hybridized carbons (Fsp3) is 0.368. The van der Waals surface area contributed by atoms with E-state index in [0.717, 1.165) is 23.0 Å². The number of urea groups is 1. The Morgan fingerprint density at radius 2 is 2.00 bits per heavy atom. The van der Waals surface area contributed by atoms with E-state index in [-0.39, 0.29) is 25.0 Å². The van der Waals surface area contributed by atoms with Crippen molar-refractivity contribution in [1.82, 2.24) is 15.5 Å². The molecule has 1 atom stereocenters. The molecule has 0 aliphatic heterocycles. The molecule has 140 valence electrons. The highest BCUT2D eigenvalue weighted by Crippen LogP contribution is 2.27. The zero-order valence-electron chi connectivity index (χ0n) is 15.0. The number of amides is 3. The minimum atomic E-state index is -0.531. The first-order chi connectivity index (χ1) is 12.5. The van der Waals surface area contributed by atoms with Crippen LogP contribution in [0.2, 0.25) is 0 Å². The number of hydrogen-bond donors (Lipinski definition) is 2. The molecule has 2 aromatic rings. The summed E-state index contributed by atoms with van der Waals surface area (Å²) in [5.41, 5.74) is 1.11. The molecule has 1 aromatic heterocycles. The Kier molecular flexibility index (Phi) is 7.87. The third-order valence-corrected chi connectivity index (χ3v) is 4.74. The monoisotopic (exact) mass is 421 g/mol. The molecule has 2 N–H and O–H groups in total. The van der Waals surface area contributed by atoms with Crippen LogP contribution in [-0.2, 0) is 11.3 Å². The molecule has 1 aromatic carbocycles. The summed E-state index contributed by atoms with van der Waals surface area (Å²) >= 11 is 3.56. The van der Waals surface area contributed by atoms with E-state index in [4.69, 9.17) is 4.42 Å². The number of carbonyl (C=O) groups excluding carboxylic acids is 2. The van der Waals surface area contributed by atoms with E-state index in [1.807, 2.05) is 24.3 Å². The number of furan rings is 1. The van der Waals surface area contributed by atoms with Gasteiger partial charge in [0.05, 0.1) is 19.4 Å². The van der Waals surface area contributed by atoms with Crippen LogP contribution in [0, 0.1) is 0 Å². The molecule has 2 rings (SSSR count). The molecule has 0 saturated heterocycles. The maximum absolute atomic E-state index is 12.3. The molecule has 0 fully saturated rings. The van der Waals surface area contributed by atoms with Crippen LogP contribution in [0.3, 0.4) is 0 Å². The minimum Gasteiger partial charge on any atom is -0.467 e. The van der Waals surface area contributed by atoms with Crippen LogP contribution in [-0.4, -0.2) is 29.9 Å². The summed E-state index contributed by atoms with van der Waals surface area (Å²) in [5.74, 6) is 0.289. The summed E-state index contributed by atoms with van der Waals surface area (Å²) in [5, 5.41) is 4.97. The van der Waals surface area contributed by atoms with E-state index >= 15 is 0 Å². The van der Waals surface area contributed by atoms with Crippen molar-refractivity contribution >= 4 is 27.9 Å². The molecule has 1 heterocycles. The predicted octanol–water partition coefficient (Wildman–Crippen LogP) is 3.84. The van der Waals surface area contributed by atoms with Gasteiger partial charge in [-0.15, -0.1) is 0 Å². The van der Waals surface area contributed by atoms with Crippen LogP contribution in [0.15, 0.2) is 51.6 Å². The van der Waals surface area contributed by atoms with Gasteiger partial charge in [-0.3, -0.25) is 15.0 Å². The van der Waals surface area contributed by atoms with E-state index < -0.39 is 6.03 Å². The van der Waals surface area contributed by atoms with Gasteiger partial charge >= 0.3 is 6.03 Å². The number of rotatable bonds is 8. The molecule has 0 spiro atoms. The summed E-state index contributed by atoms with van der Waals surface area (Å²) < 4.78 is 6.14. The molecule has 0 bridgehead atoms. The number of halogens is 1. The maximum atomic E-state index is 12.3. The normalized spacial score (nSPS) is 12.0. The number of benzene rings is 1. The van der Waals surface area contributed by atoms with Gasteiger partial charge in [-0.25, -0.2) is 4.79 Å². The van der Waals surface area contributed by atoms with Gasteiger partial charge in [0.2, 0.25) is 5.91 Å². The van der Waals surface area contributed by atoms with Gasteiger partial charge in [0.15, 0.2) is 0 Å². The standard InChI is InChI=1S/C19H24BrN3O3/c1-3-10-23(14(2)16-8-4-5-9-17(16)20)13-18(24)22-19(25)21-12-15-7-6-11-26-15/h4-9,11,14H,3,10,12-13H2,1-2H3,(H2,21,22,24,25). The Hall–Kier alpha value is -2.12. The Bertz CT molecular complexity index is 719. The molecule has 0 saturated carbocycles. The number of nitrogens with one attached hydrogen (secondary N) is 2. The molecule has 0 aliphatic carbocycles. The first kappa shape index (κ1) is 20.2. The third kappa shape index (κ3) is 6.00. The lowest BCUT2D eigenvalue weighted by Crippen LogP contribution is -2.45. The van der Waals surface area contributed by atoms with Crippen LogP contribution in [0.1, 0.15) is 37.6 Å². The average molecular weight is 422 g/mol. The minimum absolute atomic E-state index is 0.0439. The summed E-state index contributed by atoms with van der Waals surface area (Å²) in [6, 6.07) is 11.0. The lowest BCUT2D eigenvalue weighted by atomic mass is 10.1.